The summed E-state index contributed by atoms with van der Waals surface area (Å²) in [5.41, 5.74) is 0.466. The smallest absolute Gasteiger partial charge is 0.252 e. The number of sulfonamides is 2. The van der Waals surface area contributed by atoms with Crippen LogP contribution < -0.4 is 10.5 Å². The zero-order valence-electron chi connectivity index (χ0n) is 14.8. The first-order chi connectivity index (χ1) is 12.2. The van der Waals surface area contributed by atoms with Gasteiger partial charge in [0.2, 0.25) is 10.0 Å². The summed E-state index contributed by atoms with van der Waals surface area (Å²) >= 11 is 0.703. The summed E-state index contributed by atoms with van der Waals surface area (Å²) in [4.78, 5) is 0. The van der Waals surface area contributed by atoms with E-state index in [0.717, 1.165) is 0 Å². The Morgan fingerprint density at radius 3 is 2.73 bits per heavy atom. The van der Waals surface area contributed by atoms with Gasteiger partial charge in [-0.2, -0.15) is 4.31 Å². The molecule has 9 nitrogen and oxygen atoms in total. The molecular formula is C14H25N3O6S3. The molecule has 0 radical (unpaired) electrons. The fraction of sp³-hybridized carbons (Fsp3) is 0.714. The van der Waals surface area contributed by atoms with E-state index in [1.54, 1.807) is 7.11 Å². The molecule has 0 spiro atoms. The zero-order chi connectivity index (χ0) is 19.4. The maximum atomic E-state index is 12.9. The molecule has 1 aliphatic rings. The fourth-order valence-electron chi connectivity index (χ4n) is 2.69. The molecule has 0 saturated carbocycles. The number of methoxy groups -OCH3 is 1. The highest BCUT2D eigenvalue weighted by Gasteiger charge is 2.39. The number of nitrogens with one attached hydrogen (secondary N) is 1. The van der Waals surface area contributed by atoms with Crippen molar-refractivity contribution in [2.45, 2.75) is 27.8 Å². The normalized spacial score (nSPS) is 20.2. The molecule has 26 heavy (non-hydrogen) atoms. The molecule has 0 amide bonds. The van der Waals surface area contributed by atoms with Crippen LogP contribution in [-0.2, 0) is 29.5 Å². The van der Waals surface area contributed by atoms with E-state index < -0.39 is 20.0 Å². The molecular weight excluding hydrogens is 402 g/mol. The largest absolute Gasteiger partial charge is 0.382 e. The van der Waals surface area contributed by atoms with Crippen molar-refractivity contribution in [1.82, 2.24) is 9.62 Å². The van der Waals surface area contributed by atoms with Gasteiger partial charge in [-0.15, -0.1) is 11.3 Å². The number of rotatable bonds is 10. The SMILES string of the molecule is CCNC1CN(CCCOCCOC)S(=O)(=O)c2sc(S(N)(=O)=O)cc21. The van der Waals surface area contributed by atoms with Gasteiger partial charge in [-0.05, 0) is 19.0 Å². The van der Waals surface area contributed by atoms with E-state index in [2.05, 4.69) is 5.32 Å². The lowest BCUT2D eigenvalue weighted by atomic mass is 10.1. The van der Waals surface area contributed by atoms with Crippen LogP contribution >= 0.6 is 11.3 Å². The van der Waals surface area contributed by atoms with Gasteiger partial charge in [-0.3, -0.25) is 0 Å². The Balaban J connectivity index is 2.19. The molecule has 1 unspecified atom stereocenters. The second-order valence-corrected chi connectivity index (χ2v) is 10.8. The van der Waals surface area contributed by atoms with Crippen molar-refractivity contribution in [1.29, 1.82) is 0 Å². The number of thiophene rings is 1. The maximum absolute atomic E-state index is 12.9. The molecule has 1 aliphatic heterocycles. The minimum absolute atomic E-state index is 0.0408. The van der Waals surface area contributed by atoms with Crippen molar-refractivity contribution >= 4 is 31.4 Å². The van der Waals surface area contributed by atoms with E-state index in [1.807, 2.05) is 6.92 Å². The molecule has 12 heteroatoms. The molecule has 0 aromatic carbocycles. The molecule has 1 atom stereocenters. The van der Waals surface area contributed by atoms with Gasteiger partial charge in [-0.25, -0.2) is 22.0 Å². The molecule has 150 valence electrons. The van der Waals surface area contributed by atoms with Crippen LogP contribution in [0.4, 0.5) is 0 Å². The zero-order valence-corrected chi connectivity index (χ0v) is 17.3. The Bertz CT molecular complexity index is 806. The Morgan fingerprint density at radius 2 is 2.12 bits per heavy atom. The Hall–Kier alpha value is -0.600. The number of fused-ring (bicyclic) bond motifs is 1. The summed E-state index contributed by atoms with van der Waals surface area (Å²) in [6.45, 7) is 4.42. The minimum atomic E-state index is -3.96. The van der Waals surface area contributed by atoms with Gasteiger partial charge in [0.15, 0.2) is 0 Å². The third kappa shape index (κ3) is 5.01. The third-order valence-electron chi connectivity index (χ3n) is 3.90. The number of ether oxygens (including phenoxy) is 2. The van der Waals surface area contributed by atoms with Crippen LogP contribution in [0.2, 0.25) is 0 Å². The molecule has 2 heterocycles. The topological polar surface area (TPSA) is 128 Å². The summed E-state index contributed by atoms with van der Waals surface area (Å²) in [5, 5.41) is 8.39. The molecule has 0 aliphatic carbocycles. The summed E-state index contributed by atoms with van der Waals surface area (Å²) < 4.78 is 60.5. The summed E-state index contributed by atoms with van der Waals surface area (Å²) in [6.07, 6.45) is 0.532. The van der Waals surface area contributed by atoms with E-state index in [4.69, 9.17) is 14.6 Å². The van der Waals surface area contributed by atoms with Crippen LogP contribution in [0.5, 0.6) is 0 Å². The highest BCUT2D eigenvalue weighted by molar-refractivity contribution is 7.94. The van der Waals surface area contributed by atoms with Gasteiger partial charge in [0, 0.05) is 38.4 Å². The fourth-order valence-corrected chi connectivity index (χ4v) is 6.99. The molecule has 1 aromatic rings. The molecule has 2 rings (SSSR count). The van der Waals surface area contributed by atoms with Gasteiger partial charge in [-0.1, -0.05) is 6.92 Å². The van der Waals surface area contributed by atoms with E-state index in [9.17, 15) is 16.8 Å². The van der Waals surface area contributed by atoms with Crippen molar-refractivity contribution in [2.75, 3.05) is 46.6 Å². The number of hydrogen-bond acceptors (Lipinski definition) is 8. The van der Waals surface area contributed by atoms with Crippen LogP contribution in [0, 0.1) is 0 Å². The summed E-state index contributed by atoms with van der Waals surface area (Å²) in [6, 6.07) is 1.09. The molecule has 1 aromatic heterocycles. The van der Waals surface area contributed by atoms with Crippen LogP contribution in [0.15, 0.2) is 14.5 Å². The highest BCUT2D eigenvalue weighted by Crippen LogP contribution is 2.39. The van der Waals surface area contributed by atoms with E-state index >= 15 is 0 Å². The second-order valence-electron chi connectivity index (χ2n) is 5.79. The van der Waals surface area contributed by atoms with Crippen molar-refractivity contribution in [2.24, 2.45) is 5.14 Å². The van der Waals surface area contributed by atoms with Gasteiger partial charge in [0.05, 0.1) is 13.2 Å². The average molecular weight is 428 g/mol. The van der Waals surface area contributed by atoms with E-state index in [-0.39, 0.29) is 21.0 Å². The average Bonchev–Trinajstić information content (AvgIpc) is 3.02. The second kappa shape index (κ2) is 9.06. The standard InChI is InChI=1S/C14H25N3O6S3/c1-3-16-12-10-17(5-4-6-23-8-7-22-2)26(20,21)14-11(12)9-13(24-14)25(15,18)19/h9,12,16H,3-8,10H2,1-2H3,(H2,15,18,19). The van der Waals surface area contributed by atoms with Crippen molar-refractivity contribution in [3.05, 3.63) is 11.6 Å². The first-order valence-corrected chi connectivity index (χ1v) is 12.0. The number of nitrogens with two attached hydrogens (primary N) is 1. The van der Waals surface area contributed by atoms with Crippen molar-refractivity contribution < 1.29 is 26.3 Å². The van der Waals surface area contributed by atoms with Crippen LogP contribution in [0.3, 0.4) is 0 Å². The van der Waals surface area contributed by atoms with Crippen LogP contribution in [0.25, 0.3) is 0 Å². The molecule has 0 bridgehead atoms. The van der Waals surface area contributed by atoms with Crippen molar-refractivity contribution in [3.8, 4) is 0 Å². The summed E-state index contributed by atoms with van der Waals surface area (Å²) in [5.74, 6) is 0. The monoisotopic (exact) mass is 427 g/mol. The Labute approximate surface area is 158 Å². The number of nitrogens with zero attached hydrogens (tertiary/aromatic N) is 1. The molecule has 3 N–H and O–H groups in total. The quantitative estimate of drug-likeness (QED) is 0.507. The Kier molecular flexibility index (Phi) is 7.56. The molecule has 0 fully saturated rings. The molecule has 0 saturated heterocycles. The predicted octanol–water partition coefficient (Wildman–Crippen LogP) is 0.104. The summed E-state index contributed by atoms with van der Waals surface area (Å²) in [7, 11) is -6.13. The van der Waals surface area contributed by atoms with Gasteiger partial charge in [0.1, 0.15) is 8.42 Å². The third-order valence-corrected chi connectivity index (χ3v) is 8.86. The Morgan fingerprint density at radius 1 is 1.38 bits per heavy atom. The van der Waals surface area contributed by atoms with Gasteiger partial charge >= 0.3 is 0 Å². The van der Waals surface area contributed by atoms with Gasteiger partial charge < -0.3 is 14.8 Å². The number of likely N-dealkylation sites (N-methyl/N-ethyl adjacent to an activating group) is 1. The van der Waals surface area contributed by atoms with Gasteiger partial charge in [0.25, 0.3) is 10.0 Å². The lowest BCUT2D eigenvalue weighted by Gasteiger charge is -2.32. The van der Waals surface area contributed by atoms with Crippen LogP contribution in [-0.4, -0.2) is 67.7 Å². The van der Waals surface area contributed by atoms with E-state index in [0.29, 0.717) is 56.2 Å². The predicted molar refractivity (Wildman–Crippen MR) is 98.2 cm³/mol. The van der Waals surface area contributed by atoms with Crippen molar-refractivity contribution in [3.63, 3.8) is 0 Å². The first kappa shape index (κ1) is 21.7. The maximum Gasteiger partial charge on any atom is 0.252 e. The first-order valence-electron chi connectivity index (χ1n) is 8.18. The lowest BCUT2D eigenvalue weighted by Crippen LogP contribution is -2.43. The number of primary sulfonamides is 1. The highest BCUT2D eigenvalue weighted by atomic mass is 32.3. The van der Waals surface area contributed by atoms with Crippen LogP contribution in [0.1, 0.15) is 24.9 Å². The van der Waals surface area contributed by atoms with E-state index in [1.165, 1.54) is 10.4 Å². The lowest BCUT2D eigenvalue weighted by molar-refractivity contribution is 0.0675. The number of hydrogen-bond donors (Lipinski definition) is 2. The minimum Gasteiger partial charge on any atom is -0.382 e.